The molecule has 0 bridgehead atoms. The molecule has 2 aromatic carbocycles. The Kier molecular flexibility index (Phi) is 4.83. The number of nitrogen functional groups attached to an aromatic ring is 2. The minimum Gasteiger partial charge on any atom is -0.489 e. The number of rotatable bonds is 6. The number of ether oxygens (including phenoxy) is 1. The van der Waals surface area contributed by atoms with E-state index in [9.17, 15) is 0 Å². The van der Waals surface area contributed by atoms with Gasteiger partial charge in [0.15, 0.2) is 0 Å². The summed E-state index contributed by atoms with van der Waals surface area (Å²) in [5.74, 6) is 1.84. The van der Waals surface area contributed by atoms with Gasteiger partial charge in [0, 0.05) is 0 Å². The highest BCUT2D eigenvalue weighted by molar-refractivity contribution is 5.69. The topological polar surface area (TPSA) is 118 Å². The van der Waals surface area contributed by atoms with Crippen LogP contribution < -0.4 is 16.2 Å². The van der Waals surface area contributed by atoms with E-state index in [1.165, 1.54) is 4.80 Å². The normalized spacial score (nSPS) is 10.7. The Bertz CT molecular complexity index is 1060. The lowest BCUT2D eigenvalue weighted by Gasteiger charge is -2.07. The van der Waals surface area contributed by atoms with Crippen molar-refractivity contribution in [2.45, 2.75) is 13.2 Å². The molecule has 0 aliphatic carbocycles. The number of anilines is 2. The summed E-state index contributed by atoms with van der Waals surface area (Å²) < 4.78 is 5.80. The van der Waals surface area contributed by atoms with Crippen LogP contribution in [0.4, 0.5) is 11.6 Å². The van der Waals surface area contributed by atoms with Gasteiger partial charge in [-0.05, 0) is 40.6 Å². The van der Waals surface area contributed by atoms with E-state index in [1.807, 2.05) is 54.6 Å². The second kappa shape index (κ2) is 7.75. The van der Waals surface area contributed by atoms with Gasteiger partial charge in [-0.2, -0.15) is 4.80 Å². The van der Waals surface area contributed by atoms with E-state index in [0.717, 1.165) is 16.9 Å². The third-order valence-electron chi connectivity index (χ3n) is 4.14. The molecule has 8 nitrogen and oxygen atoms in total. The van der Waals surface area contributed by atoms with Crippen LogP contribution in [0.15, 0.2) is 66.7 Å². The Morgan fingerprint density at radius 1 is 0.857 bits per heavy atom. The van der Waals surface area contributed by atoms with Crippen LogP contribution >= 0.6 is 0 Å². The number of hydrogen-bond donors (Lipinski definition) is 2. The second-order valence-corrected chi connectivity index (χ2v) is 6.23. The lowest BCUT2D eigenvalue weighted by Crippen LogP contribution is -2.04. The molecule has 0 atom stereocenters. The highest BCUT2D eigenvalue weighted by Crippen LogP contribution is 2.21. The van der Waals surface area contributed by atoms with Gasteiger partial charge in [-0.15, -0.1) is 10.2 Å². The first-order valence-corrected chi connectivity index (χ1v) is 8.73. The predicted molar refractivity (Wildman–Crippen MR) is 106 cm³/mol. The third-order valence-corrected chi connectivity index (χ3v) is 4.14. The molecule has 4 N–H and O–H groups in total. The smallest absolute Gasteiger partial charge is 0.208 e. The Morgan fingerprint density at radius 3 is 2.39 bits per heavy atom. The Morgan fingerprint density at radius 2 is 1.64 bits per heavy atom. The number of nitrogens with two attached hydrogens (primary N) is 2. The van der Waals surface area contributed by atoms with Crippen LogP contribution in [-0.4, -0.2) is 25.2 Å². The van der Waals surface area contributed by atoms with Gasteiger partial charge >= 0.3 is 0 Å². The molecule has 0 radical (unpaired) electrons. The molecule has 0 saturated heterocycles. The summed E-state index contributed by atoms with van der Waals surface area (Å²) in [5.41, 5.74) is 14.3. The highest BCUT2D eigenvalue weighted by atomic mass is 16.5. The second-order valence-electron chi connectivity index (χ2n) is 6.23. The largest absolute Gasteiger partial charge is 0.489 e. The Balaban J connectivity index is 1.40. The molecule has 2 heterocycles. The van der Waals surface area contributed by atoms with Crippen LogP contribution in [0.2, 0.25) is 0 Å². The van der Waals surface area contributed by atoms with Gasteiger partial charge in [-0.1, -0.05) is 42.5 Å². The van der Waals surface area contributed by atoms with E-state index in [0.29, 0.717) is 30.4 Å². The summed E-state index contributed by atoms with van der Waals surface area (Å²) in [6, 6.07) is 21.2. The lowest BCUT2D eigenvalue weighted by molar-refractivity contribution is 0.306. The first kappa shape index (κ1) is 17.5. The van der Waals surface area contributed by atoms with E-state index in [2.05, 4.69) is 20.4 Å². The molecule has 0 amide bonds. The Hall–Kier alpha value is -3.94. The maximum Gasteiger partial charge on any atom is 0.208 e. The van der Waals surface area contributed by atoms with E-state index in [-0.39, 0.29) is 5.82 Å². The van der Waals surface area contributed by atoms with Crippen molar-refractivity contribution in [3.63, 3.8) is 0 Å². The summed E-state index contributed by atoms with van der Waals surface area (Å²) in [6.07, 6.45) is 0. The molecule has 140 valence electrons. The van der Waals surface area contributed by atoms with Gasteiger partial charge in [-0.3, -0.25) is 0 Å². The maximum absolute atomic E-state index is 5.88. The minimum absolute atomic E-state index is 0.277. The zero-order chi connectivity index (χ0) is 19.3. The monoisotopic (exact) mass is 373 g/mol. The van der Waals surface area contributed by atoms with E-state index in [1.54, 1.807) is 12.1 Å². The average molecular weight is 373 g/mol. The Labute approximate surface area is 161 Å². The van der Waals surface area contributed by atoms with Crippen LogP contribution in [-0.2, 0) is 13.2 Å². The molecular formula is C20H19N7O. The van der Waals surface area contributed by atoms with Gasteiger partial charge in [0.05, 0.1) is 12.1 Å². The van der Waals surface area contributed by atoms with Crippen molar-refractivity contribution < 1.29 is 4.74 Å². The van der Waals surface area contributed by atoms with Crippen molar-refractivity contribution in [3.8, 4) is 17.1 Å². The quantitative estimate of drug-likeness (QED) is 0.533. The standard InChI is InChI=1S/C20H19N7O/c21-18-11-10-17(19(22)23-18)20-24-26-27(25-20)12-14-6-8-16(9-7-14)28-13-15-4-2-1-3-5-15/h1-11H,12-13H2,(H4,21,22,23). The first-order valence-electron chi connectivity index (χ1n) is 8.73. The van der Waals surface area contributed by atoms with Crippen molar-refractivity contribution in [1.82, 2.24) is 25.2 Å². The maximum atomic E-state index is 5.88. The molecule has 4 rings (SSSR count). The molecular weight excluding hydrogens is 354 g/mol. The zero-order valence-electron chi connectivity index (χ0n) is 15.1. The van der Waals surface area contributed by atoms with Crippen LogP contribution in [0.3, 0.4) is 0 Å². The van der Waals surface area contributed by atoms with Crippen molar-refractivity contribution >= 4 is 11.6 Å². The van der Waals surface area contributed by atoms with Gasteiger partial charge in [-0.25, -0.2) is 4.98 Å². The molecule has 0 fully saturated rings. The summed E-state index contributed by atoms with van der Waals surface area (Å²) in [7, 11) is 0. The van der Waals surface area contributed by atoms with E-state index in [4.69, 9.17) is 16.2 Å². The van der Waals surface area contributed by atoms with Gasteiger partial charge < -0.3 is 16.2 Å². The van der Waals surface area contributed by atoms with Crippen LogP contribution in [0.25, 0.3) is 11.4 Å². The number of tetrazole rings is 1. The van der Waals surface area contributed by atoms with Crippen LogP contribution in [0, 0.1) is 0 Å². The fourth-order valence-corrected chi connectivity index (χ4v) is 2.69. The molecule has 28 heavy (non-hydrogen) atoms. The van der Waals surface area contributed by atoms with Crippen molar-refractivity contribution in [3.05, 3.63) is 77.9 Å². The fraction of sp³-hybridized carbons (Fsp3) is 0.100. The molecule has 0 aliphatic rings. The van der Waals surface area contributed by atoms with Crippen LogP contribution in [0.5, 0.6) is 5.75 Å². The third kappa shape index (κ3) is 4.07. The first-order chi connectivity index (χ1) is 13.7. The van der Waals surface area contributed by atoms with E-state index >= 15 is 0 Å². The van der Waals surface area contributed by atoms with Crippen LogP contribution in [0.1, 0.15) is 11.1 Å². The number of nitrogens with zero attached hydrogens (tertiary/aromatic N) is 5. The molecule has 0 saturated carbocycles. The number of pyridine rings is 1. The van der Waals surface area contributed by atoms with Crippen molar-refractivity contribution in [2.24, 2.45) is 0 Å². The summed E-state index contributed by atoms with van der Waals surface area (Å²) in [6.45, 7) is 1.01. The fourth-order valence-electron chi connectivity index (χ4n) is 2.69. The van der Waals surface area contributed by atoms with Crippen molar-refractivity contribution in [2.75, 3.05) is 11.5 Å². The molecule has 0 aliphatic heterocycles. The lowest BCUT2D eigenvalue weighted by atomic mass is 10.2. The summed E-state index contributed by atoms with van der Waals surface area (Å²) >= 11 is 0. The number of aromatic nitrogens is 5. The minimum atomic E-state index is 0.277. The van der Waals surface area contributed by atoms with Gasteiger partial charge in [0.1, 0.15) is 24.0 Å². The van der Waals surface area contributed by atoms with Gasteiger partial charge in [0.25, 0.3) is 0 Å². The molecule has 8 heteroatoms. The molecule has 0 unspecified atom stereocenters. The van der Waals surface area contributed by atoms with E-state index < -0.39 is 0 Å². The predicted octanol–water partition coefficient (Wildman–Crippen LogP) is 2.53. The zero-order valence-corrected chi connectivity index (χ0v) is 15.1. The average Bonchev–Trinajstić information content (AvgIpc) is 3.16. The molecule has 2 aromatic heterocycles. The van der Waals surface area contributed by atoms with Crippen molar-refractivity contribution in [1.29, 1.82) is 0 Å². The molecule has 4 aromatic rings. The number of hydrogen-bond acceptors (Lipinski definition) is 7. The summed E-state index contributed by atoms with van der Waals surface area (Å²) in [4.78, 5) is 5.52. The SMILES string of the molecule is Nc1ccc(-c2nnn(Cc3ccc(OCc4ccccc4)cc3)n2)c(N)n1. The highest BCUT2D eigenvalue weighted by Gasteiger charge is 2.11. The van der Waals surface area contributed by atoms with Gasteiger partial charge in [0.2, 0.25) is 5.82 Å². The molecule has 0 spiro atoms. The summed E-state index contributed by atoms with van der Waals surface area (Å²) in [5, 5.41) is 12.5. The number of benzene rings is 2.